The molecule has 0 aliphatic rings. The Morgan fingerprint density at radius 3 is 2.34 bits per heavy atom. The van der Waals surface area contributed by atoms with Crippen molar-refractivity contribution in [1.82, 2.24) is 14.9 Å². The topological polar surface area (TPSA) is 101 Å². The smallest absolute Gasteiger partial charge is 0.305 e. The van der Waals surface area contributed by atoms with Crippen LogP contribution in [0.25, 0.3) is 11.1 Å². The van der Waals surface area contributed by atoms with Crippen LogP contribution < -0.4 is 10.9 Å². The highest BCUT2D eigenvalue weighted by Crippen LogP contribution is 2.29. The molecule has 0 saturated heterocycles. The average molecular weight is 476 g/mol. The summed E-state index contributed by atoms with van der Waals surface area (Å²) in [5.74, 6) is -1.29. The lowest BCUT2D eigenvalue weighted by atomic mass is 9.94. The maximum Gasteiger partial charge on any atom is 0.305 e. The van der Waals surface area contributed by atoms with E-state index < -0.39 is 24.0 Å². The van der Waals surface area contributed by atoms with Crippen LogP contribution in [0.1, 0.15) is 61.0 Å². The van der Waals surface area contributed by atoms with E-state index >= 15 is 0 Å². The van der Waals surface area contributed by atoms with Gasteiger partial charge >= 0.3 is 5.97 Å². The molecule has 1 unspecified atom stereocenters. The zero-order chi connectivity index (χ0) is 25.7. The van der Waals surface area contributed by atoms with Crippen LogP contribution in [-0.2, 0) is 9.59 Å². The summed E-state index contributed by atoms with van der Waals surface area (Å²) in [7, 11) is 0. The van der Waals surface area contributed by atoms with Crippen LogP contribution in [0.2, 0.25) is 0 Å². The van der Waals surface area contributed by atoms with Gasteiger partial charge in [0, 0.05) is 30.2 Å². The molecule has 0 aliphatic carbocycles. The Hall–Kier alpha value is -3.74. The highest BCUT2D eigenvalue weighted by Gasteiger charge is 2.27. The minimum Gasteiger partial charge on any atom is -0.481 e. The minimum atomic E-state index is -1.04. The van der Waals surface area contributed by atoms with Crippen molar-refractivity contribution in [3.63, 3.8) is 0 Å². The number of aryl methyl sites for hydroxylation is 3. The number of carbonyl (C=O) groups excluding carboxylic acids is 1. The summed E-state index contributed by atoms with van der Waals surface area (Å²) in [6.45, 7) is 9.81. The summed E-state index contributed by atoms with van der Waals surface area (Å²) < 4.78 is 1.42. The summed E-state index contributed by atoms with van der Waals surface area (Å²) in [5.41, 5.74) is 5.20. The number of nitrogens with one attached hydrogen (secondary N) is 1. The predicted molar refractivity (Wildman–Crippen MR) is 136 cm³/mol. The van der Waals surface area contributed by atoms with Crippen LogP contribution in [-0.4, -0.2) is 26.5 Å². The van der Waals surface area contributed by atoms with Crippen LogP contribution >= 0.6 is 0 Å². The van der Waals surface area contributed by atoms with Crippen LogP contribution in [0.15, 0.2) is 59.8 Å². The van der Waals surface area contributed by atoms with Crippen LogP contribution in [0.5, 0.6) is 0 Å². The molecular weight excluding hydrogens is 442 g/mol. The van der Waals surface area contributed by atoms with Gasteiger partial charge in [-0.3, -0.25) is 19.4 Å². The summed E-state index contributed by atoms with van der Waals surface area (Å²) >= 11 is 0. The second kappa shape index (κ2) is 11.1. The number of amides is 1. The predicted octanol–water partition coefficient (Wildman–Crippen LogP) is 4.75. The van der Waals surface area contributed by atoms with Gasteiger partial charge in [0.1, 0.15) is 6.04 Å². The average Bonchev–Trinajstić information content (AvgIpc) is 2.77. The molecule has 1 amide bonds. The number of rotatable bonds is 9. The van der Waals surface area contributed by atoms with E-state index in [9.17, 15) is 19.5 Å². The molecule has 35 heavy (non-hydrogen) atoms. The van der Waals surface area contributed by atoms with Crippen molar-refractivity contribution in [3.8, 4) is 11.1 Å². The third kappa shape index (κ3) is 6.44. The lowest BCUT2D eigenvalue weighted by molar-refractivity contribution is -0.138. The second-order valence-corrected chi connectivity index (χ2v) is 9.53. The first-order valence-electron chi connectivity index (χ1n) is 11.8. The fourth-order valence-corrected chi connectivity index (χ4v) is 4.39. The van der Waals surface area contributed by atoms with Gasteiger partial charge in [0.15, 0.2) is 0 Å². The molecule has 7 nitrogen and oxygen atoms in total. The highest BCUT2D eigenvalue weighted by molar-refractivity contribution is 5.82. The SMILES string of the molecule is Cc1ccn([C@H](CC(C)C)C(=O)NC(CC(=O)O)c2cncc(-c3c(C)cccc3C)c2)c(=O)c1. The number of benzene rings is 1. The molecule has 0 bridgehead atoms. The Labute approximate surface area is 205 Å². The van der Waals surface area contributed by atoms with Crippen molar-refractivity contribution in [1.29, 1.82) is 0 Å². The molecule has 0 aliphatic heterocycles. The van der Waals surface area contributed by atoms with Crippen molar-refractivity contribution >= 4 is 11.9 Å². The van der Waals surface area contributed by atoms with Gasteiger partial charge in [-0.25, -0.2) is 0 Å². The molecular formula is C28H33N3O4. The van der Waals surface area contributed by atoms with E-state index in [1.54, 1.807) is 24.7 Å². The number of nitrogens with zero attached hydrogens (tertiary/aromatic N) is 2. The van der Waals surface area contributed by atoms with Gasteiger partial charge in [-0.2, -0.15) is 0 Å². The van der Waals surface area contributed by atoms with Crippen molar-refractivity contribution in [2.75, 3.05) is 0 Å². The van der Waals surface area contributed by atoms with E-state index in [0.717, 1.165) is 27.8 Å². The van der Waals surface area contributed by atoms with E-state index in [-0.39, 0.29) is 17.9 Å². The number of carboxylic acid groups (broad SMARTS) is 1. The monoisotopic (exact) mass is 475 g/mol. The maximum atomic E-state index is 13.5. The third-order valence-electron chi connectivity index (χ3n) is 6.06. The second-order valence-electron chi connectivity index (χ2n) is 9.53. The maximum absolute atomic E-state index is 13.5. The van der Waals surface area contributed by atoms with Gasteiger partial charge in [0.05, 0.1) is 12.5 Å². The number of hydrogen-bond acceptors (Lipinski definition) is 4. The summed E-state index contributed by atoms with van der Waals surface area (Å²) in [6.07, 6.45) is 5.09. The number of hydrogen-bond donors (Lipinski definition) is 2. The first kappa shape index (κ1) is 25.9. The van der Waals surface area contributed by atoms with Crippen LogP contribution in [0.3, 0.4) is 0 Å². The molecule has 0 spiro atoms. The molecule has 7 heteroatoms. The first-order valence-corrected chi connectivity index (χ1v) is 11.8. The summed E-state index contributed by atoms with van der Waals surface area (Å²) in [5, 5.41) is 12.5. The molecule has 0 fully saturated rings. The third-order valence-corrected chi connectivity index (χ3v) is 6.06. The molecule has 3 rings (SSSR count). The van der Waals surface area contributed by atoms with Crippen molar-refractivity contribution in [2.24, 2.45) is 5.92 Å². The van der Waals surface area contributed by atoms with Gasteiger partial charge in [0.2, 0.25) is 5.91 Å². The Morgan fingerprint density at radius 2 is 1.74 bits per heavy atom. The molecule has 2 atom stereocenters. The van der Waals surface area contributed by atoms with Crippen LogP contribution in [0, 0.1) is 26.7 Å². The Kier molecular flexibility index (Phi) is 8.22. The first-order chi connectivity index (χ1) is 16.6. The molecule has 0 radical (unpaired) electrons. The van der Waals surface area contributed by atoms with Gasteiger partial charge in [-0.1, -0.05) is 32.0 Å². The Balaban J connectivity index is 1.98. The lowest BCUT2D eigenvalue weighted by Gasteiger charge is -2.25. The molecule has 3 aromatic rings. The molecule has 1 aromatic carbocycles. The zero-order valence-electron chi connectivity index (χ0n) is 20.9. The van der Waals surface area contributed by atoms with Gasteiger partial charge in [-0.15, -0.1) is 0 Å². The van der Waals surface area contributed by atoms with E-state index in [2.05, 4.69) is 10.3 Å². The number of pyridine rings is 2. The normalized spacial score (nSPS) is 12.9. The minimum absolute atomic E-state index is 0.144. The fraction of sp³-hybridized carbons (Fsp3) is 0.357. The molecule has 2 N–H and O–H groups in total. The molecule has 184 valence electrons. The number of aromatic nitrogens is 2. The fourth-order valence-electron chi connectivity index (χ4n) is 4.39. The highest BCUT2D eigenvalue weighted by atomic mass is 16.4. The molecule has 2 heterocycles. The Morgan fingerprint density at radius 1 is 1.06 bits per heavy atom. The van der Waals surface area contributed by atoms with E-state index in [0.29, 0.717) is 12.0 Å². The molecule has 0 saturated carbocycles. The van der Waals surface area contributed by atoms with Crippen molar-refractivity contribution in [3.05, 3.63) is 87.6 Å². The zero-order valence-corrected chi connectivity index (χ0v) is 20.9. The molecule has 2 aromatic heterocycles. The standard InChI is InChI=1S/C28H33N3O4/c1-17(2)11-24(31-10-9-18(3)12-25(31)32)28(35)30-23(14-26(33)34)21-13-22(16-29-15-21)27-19(4)7-6-8-20(27)5/h6-10,12-13,15-17,23-24H,11,14H2,1-5H3,(H,30,35)(H,33,34)/t23?,24-/m1/s1. The van der Waals surface area contributed by atoms with Crippen LogP contribution in [0.4, 0.5) is 0 Å². The van der Waals surface area contributed by atoms with Crippen molar-refractivity contribution < 1.29 is 14.7 Å². The number of carbonyl (C=O) groups is 2. The van der Waals surface area contributed by atoms with E-state index in [1.807, 2.05) is 58.9 Å². The van der Waals surface area contributed by atoms with Gasteiger partial charge in [-0.05, 0) is 73.1 Å². The van der Waals surface area contributed by atoms with Gasteiger partial charge in [0.25, 0.3) is 5.56 Å². The summed E-state index contributed by atoms with van der Waals surface area (Å²) in [6, 6.07) is 9.62. The summed E-state index contributed by atoms with van der Waals surface area (Å²) in [4.78, 5) is 42.2. The van der Waals surface area contributed by atoms with Gasteiger partial charge < -0.3 is 15.0 Å². The van der Waals surface area contributed by atoms with Crippen molar-refractivity contribution in [2.45, 2.75) is 59.5 Å². The quantitative estimate of drug-likeness (QED) is 0.465. The van der Waals surface area contributed by atoms with E-state index in [4.69, 9.17) is 0 Å². The lowest BCUT2D eigenvalue weighted by Crippen LogP contribution is -2.40. The number of aliphatic carboxylic acids is 1. The number of carboxylic acids is 1. The Bertz CT molecular complexity index is 1260. The van der Waals surface area contributed by atoms with E-state index in [1.165, 1.54) is 10.6 Å². The largest absolute Gasteiger partial charge is 0.481 e.